The molecule has 0 spiro atoms. The first-order chi connectivity index (χ1) is 27.1. The van der Waals surface area contributed by atoms with E-state index < -0.39 is 11.9 Å². The van der Waals surface area contributed by atoms with Crippen LogP contribution >= 0.6 is 46.4 Å². The maximum Gasteiger partial charge on any atom is 0.101 e. The van der Waals surface area contributed by atoms with Crippen LogP contribution in [0.2, 0.25) is 20.1 Å². The summed E-state index contributed by atoms with van der Waals surface area (Å²) in [5.74, 6) is -4.37. The Balaban J connectivity index is 0.000000166. The quantitative estimate of drug-likeness (QED) is 0.282. The molecule has 12 nitrogen and oxygen atoms in total. The van der Waals surface area contributed by atoms with Gasteiger partial charge in [-0.05, 0) is 98.2 Å². The van der Waals surface area contributed by atoms with E-state index in [1.54, 1.807) is 9.80 Å². The molecule has 2 N–H and O–H groups in total. The highest BCUT2D eigenvalue weighted by Crippen LogP contribution is 2.34. The number of carboxylic acids is 2. The van der Waals surface area contributed by atoms with Crippen LogP contribution in [0.1, 0.15) is 48.2 Å². The van der Waals surface area contributed by atoms with Crippen LogP contribution in [0.25, 0.3) is 22.5 Å². The lowest BCUT2D eigenvalue weighted by molar-refractivity contribution is -0.902. The maximum absolute atomic E-state index is 8.93. The van der Waals surface area contributed by atoms with Crippen molar-refractivity contribution in [2.75, 3.05) is 65.7 Å². The number of nitrogens with one attached hydrogen (secondary N) is 2. The van der Waals surface area contributed by atoms with Crippen LogP contribution in [0.3, 0.4) is 0 Å². The third-order valence-electron chi connectivity index (χ3n) is 10.3. The normalized spacial score (nSPS) is 18.6. The fraction of sp³-hybridized carbons (Fsp3) is 0.400. The van der Waals surface area contributed by atoms with Crippen molar-refractivity contribution < 1.29 is 39.1 Å². The molecule has 4 aromatic rings. The number of carboxylic acid groups (broad SMARTS) is 2. The molecule has 0 unspecified atom stereocenters. The Morgan fingerprint density at radius 2 is 1.02 bits per heavy atom. The van der Waals surface area contributed by atoms with E-state index in [0.29, 0.717) is 20.1 Å². The van der Waals surface area contributed by atoms with E-state index in [4.69, 9.17) is 75.7 Å². The number of hydrogen-bond acceptors (Lipinski definition) is 8. The van der Waals surface area contributed by atoms with Crippen LogP contribution in [0.4, 0.5) is 0 Å². The van der Waals surface area contributed by atoms with Gasteiger partial charge in [-0.25, -0.2) is 9.36 Å². The van der Waals surface area contributed by atoms with Crippen molar-refractivity contribution in [3.63, 3.8) is 0 Å². The zero-order valence-corrected chi connectivity index (χ0v) is 33.9. The molecule has 2 aliphatic heterocycles. The summed E-state index contributed by atoms with van der Waals surface area (Å²) in [5.41, 5.74) is 9.89. The zero-order valence-electron chi connectivity index (χ0n) is 30.8. The van der Waals surface area contributed by atoms with E-state index >= 15 is 0 Å². The third kappa shape index (κ3) is 10.8. The molecule has 298 valence electrons. The van der Waals surface area contributed by atoms with E-state index in [2.05, 4.69) is 22.3 Å². The number of aromatic nitrogens is 4. The topological polar surface area (TPSA) is 143 Å². The smallest absolute Gasteiger partial charge is 0.101 e. The van der Waals surface area contributed by atoms with Gasteiger partial charge in [0.05, 0.1) is 107 Å². The van der Waals surface area contributed by atoms with Gasteiger partial charge >= 0.3 is 0 Å². The number of benzene rings is 2. The third-order valence-corrected chi connectivity index (χ3v) is 11.8. The van der Waals surface area contributed by atoms with E-state index in [-0.39, 0.29) is 0 Å². The molecule has 2 aromatic heterocycles. The Kier molecular flexibility index (Phi) is 15.1. The standard InChI is InChI=1S/2C19H21Cl2N3O.C2H2O4/c2*20-17-5-4-15(12-18(17)21)24-19-3-1-2-14(16(19)13-22-24)6-7-23-8-10-25-11-9-23;3-1(4)2(5)6/h2*4-6,12-13H,1-3,7-11H2;(H,3,4)(H,5,6)/b2*14-6+;. The number of halogens is 4. The van der Waals surface area contributed by atoms with Crippen molar-refractivity contribution in [3.8, 4) is 11.4 Å². The minimum absolute atomic E-state index is 0.561. The lowest BCUT2D eigenvalue weighted by Gasteiger charge is -2.23. The lowest BCUT2D eigenvalue weighted by atomic mass is 9.92. The number of carbonyl (C=O) groups excluding carboxylic acids is 2. The summed E-state index contributed by atoms with van der Waals surface area (Å²) in [5, 5.41) is 29.4. The van der Waals surface area contributed by atoms with Crippen LogP contribution in [-0.4, -0.2) is 97.2 Å². The van der Waals surface area contributed by atoms with Crippen molar-refractivity contribution in [2.24, 2.45) is 0 Å². The van der Waals surface area contributed by atoms with Gasteiger partial charge in [-0.15, -0.1) is 0 Å². The molecular formula is C40H44Cl4N6O6. The van der Waals surface area contributed by atoms with Gasteiger partial charge in [-0.2, -0.15) is 10.2 Å². The molecule has 0 amide bonds. The predicted octanol–water partition coefficient (Wildman–Crippen LogP) is 2.11. The summed E-state index contributed by atoms with van der Waals surface area (Å²) >= 11 is 24.4. The Hall–Kier alpha value is -3.72. The van der Waals surface area contributed by atoms with Crippen molar-refractivity contribution in [1.82, 2.24) is 19.6 Å². The predicted molar refractivity (Wildman–Crippen MR) is 212 cm³/mol. The summed E-state index contributed by atoms with van der Waals surface area (Å²) in [6.45, 7) is 10.0. The lowest BCUT2D eigenvalue weighted by Crippen LogP contribution is -3.13. The van der Waals surface area contributed by atoms with Gasteiger partial charge in [0.1, 0.15) is 26.2 Å². The summed E-state index contributed by atoms with van der Waals surface area (Å²) in [6, 6.07) is 11.4. The molecule has 4 aliphatic rings. The summed E-state index contributed by atoms with van der Waals surface area (Å²) in [4.78, 5) is 21.1. The number of nitrogens with zero attached hydrogens (tertiary/aromatic N) is 4. The maximum atomic E-state index is 8.93. The number of fused-ring (bicyclic) bond motifs is 2. The van der Waals surface area contributed by atoms with Gasteiger partial charge in [0, 0.05) is 11.1 Å². The fourth-order valence-electron chi connectivity index (χ4n) is 7.29. The van der Waals surface area contributed by atoms with Crippen molar-refractivity contribution >= 4 is 69.5 Å². The highest BCUT2D eigenvalue weighted by Gasteiger charge is 2.23. The number of hydrogen-bond donors (Lipinski definition) is 2. The first-order valence-corrected chi connectivity index (χ1v) is 20.3. The fourth-order valence-corrected chi connectivity index (χ4v) is 7.88. The van der Waals surface area contributed by atoms with Crippen LogP contribution in [0, 0.1) is 0 Å². The van der Waals surface area contributed by atoms with Gasteiger partial charge in [0.2, 0.25) is 0 Å². The van der Waals surface area contributed by atoms with Crippen LogP contribution < -0.4 is 20.0 Å². The highest BCUT2D eigenvalue weighted by atomic mass is 35.5. The number of ether oxygens (including phenoxy) is 2. The molecule has 56 heavy (non-hydrogen) atoms. The van der Waals surface area contributed by atoms with Gasteiger partial charge in [-0.3, -0.25) is 0 Å². The number of allylic oxidation sites excluding steroid dienone is 2. The van der Waals surface area contributed by atoms with E-state index in [1.807, 2.05) is 58.2 Å². The molecule has 2 fully saturated rings. The molecule has 8 rings (SSSR count). The Bertz CT molecular complexity index is 1920. The molecule has 0 atom stereocenters. The van der Waals surface area contributed by atoms with Crippen LogP contribution in [0.5, 0.6) is 0 Å². The number of quaternary nitrogens is 2. The summed E-state index contributed by atoms with van der Waals surface area (Å²) < 4.78 is 14.9. The SMILES string of the molecule is Clc1ccc(-n2ncc3c2CCC/C3=C\C[NH+]2CCOCC2)cc1Cl.Clc1ccc(-n2ncc3c2CCC/C3=C\C[NH+]2CCOCC2)cc1Cl.O=C([O-])C(=O)[O-]. The minimum atomic E-state index is -2.19. The van der Waals surface area contributed by atoms with Crippen molar-refractivity contribution in [1.29, 1.82) is 0 Å². The molecule has 0 saturated carbocycles. The van der Waals surface area contributed by atoms with E-state index in [1.165, 1.54) is 33.7 Å². The van der Waals surface area contributed by atoms with Crippen LogP contribution in [0.15, 0.2) is 60.9 Å². The Labute approximate surface area is 345 Å². The van der Waals surface area contributed by atoms with E-state index in [0.717, 1.165) is 116 Å². The first kappa shape index (κ1) is 41.9. The molecule has 4 heterocycles. The zero-order chi connectivity index (χ0) is 39.6. The number of rotatable bonds is 6. The molecule has 2 saturated heterocycles. The van der Waals surface area contributed by atoms with Crippen molar-refractivity contribution in [2.45, 2.75) is 38.5 Å². The molecule has 16 heteroatoms. The second-order valence-corrected chi connectivity index (χ2v) is 15.5. The first-order valence-electron chi connectivity index (χ1n) is 18.8. The molecule has 0 radical (unpaired) electrons. The molecule has 2 aromatic carbocycles. The number of aliphatic carboxylic acids is 2. The van der Waals surface area contributed by atoms with Crippen LogP contribution in [-0.2, 0) is 31.9 Å². The average molecular weight is 847 g/mol. The molecule has 2 aliphatic carbocycles. The summed E-state index contributed by atoms with van der Waals surface area (Å²) in [7, 11) is 0. The largest absolute Gasteiger partial charge is 0.543 e. The minimum Gasteiger partial charge on any atom is -0.543 e. The number of morpholine rings is 2. The molecule has 0 bridgehead atoms. The second kappa shape index (κ2) is 20.1. The number of carbonyl (C=O) groups is 2. The highest BCUT2D eigenvalue weighted by molar-refractivity contribution is 6.42. The Morgan fingerprint density at radius 3 is 1.38 bits per heavy atom. The van der Waals surface area contributed by atoms with Gasteiger partial charge in [0.15, 0.2) is 0 Å². The Morgan fingerprint density at radius 1 is 0.625 bits per heavy atom. The van der Waals surface area contributed by atoms with Gasteiger partial charge in [-0.1, -0.05) is 46.4 Å². The summed E-state index contributed by atoms with van der Waals surface area (Å²) in [6.07, 6.45) is 15.4. The molecular weight excluding hydrogens is 802 g/mol. The van der Waals surface area contributed by atoms with E-state index in [9.17, 15) is 0 Å². The second-order valence-electron chi connectivity index (χ2n) is 13.9. The van der Waals surface area contributed by atoms with Gasteiger partial charge < -0.3 is 39.1 Å². The van der Waals surface area contributed by atoms with Gasteiger partial charge in [0.25, 0.3) is 0 Å². The van der Waals surface area contributed by atoms with Crippen molar-refractivity contribution in [3.05, 3.63) is 104 Å². The monoisotopic (exact) mass is 844 g/mol. The average Bonchev–Trinajstić information content (AvgIpc) is 3.86.